The fraction of sp³-hybridized carbons (Fsp3) is 0.636. The molecule has 2 aliphatic heterocycles. The Morgan fingerprint density at radius 3 is 2.37 bits per heavy atom. The lowest BCUT2D eigenvalue weighted by Gasteiger charge is -2.52. The molecule has 1 aromatic rings. The first-order chi connectivity index (χ1) is 12.9. The van der Waals surface area contributed by atoms with E-state index in [-0.39, 0.29) is 23.3 Å². The molecular formula is C22H33N3O2. The topological polar surface area (TPSA) is 43.9 Å². The van der Waals surface area contributed by atoms with Crippen LogP contribution in [0.1, 0.15) is 37.7 Å². The van der Waals surface area contributed by atoms with E-state index in [2.05, 4.69) is 24.1 Å². The Morgan fingerprint density at radius 2 is 1.74 bits per heavy atom. The number of benzene rings is 1. The molecular weight excluding hydrogens is 338 g/mol. The van der Waals surface area contributed by atoms with Crippen molar-refractivity contribution in [3.05, 3.63) is 35.9 Å². The average Bonchev–Trinajstić information content (AvgIpc) is 2.67. The highest BCUT2D eigenvalue weighted by Gasteiger charge is 2.49. The van der Waals surface area contributed by atoms with Gasteiger partial charge in [-0.15, -0.1) is 0 Å². The molecule has 5 heteroatoms. The number of likely N-dealkylation sites (tertiary alicyclic amines) is 2. The van der Waals surface area contributed by atoms with Crippen molar-refractivity contribution in [2.45, 2.75) is 44.6 Å². The monoisotopic (exact) mass is 371 g/mol. The van der Waals surface area contributed by atoms with Crippen molar-refractivity contribution in [2.75, 3.05) is 40.8 Å². The van der Waals surface area contributed by atoms with E-state index >= 15 is 0 Å². The van der Waals surface area contributed by atoms with Gasteiger partial charge >= 0.3 is 0 Å². The van der Waals surface area contributed by atoms with Crippen LogP contribution >= 0.6 is 0 Å². The number of nitrogens with zero attached hydrogens (tertiary/aromatic N) is 3. The van der Waals surface area contributed by atoms with Crippen molar-refractivity contribution in [1.82, 2.24) is 14.7 Å². The number of rotatable bonds is 4. The van der Waals surface area contributed by atoms with Gasteiger partial charge in [-0.05, 0) is 56.7 Å². The zero-order chi connectivity index (χ0) is 19.4. The molecule has 0 aromatic heterocycles. The fourth-order valence-electron chi connectivity index (χ4n) is 4.89. The van der Waals surface area contributed by atoms with E-state index in [1.165, 1.54) is 5.56 Å². The Morgan fingerprint density at radius 1 is 1.07 bits per heavy atom. The second-order valence-electron chi connectivity index (χ2n) is 8.45. The normalized spacial score (nSPS) is 22.6. The molecule has 148 valence electrons. The summed E-state index contributed by atoms with van der Waals surface area (Å²) in [6.07, 6.45) is 5.45. The summed E-state index contributed by atoms with van der Waals surface area (Å²) in [4.78, 5) is 31.5. The molecule has 2 fully saturated rings. The molecule has 1 aromatic carbocycles. The second-order valence-corrected chi connectivity index (χ2v) is 8.45. The summed E-state index contributed by atoms with van der Waals surface area (Å²) in [5.74, 6) is 0.453. The van der Waals surface area contributed by atoms with Crippen LogP contribution in [0.25, 0.3) is 0 Å². The smallest absolute Gasteiger partial charge is 0.239 e. The molecule has 0 aliphatic carbocycles. The largest absolute Gasteiger partial charge is 0.347 e. The van der Waals surface area contributed by atoms with E-state index in [0.717, 1.165) is 51.7 Å². The lowest BCUT2D eigenvalue weighted by Crippen LogP contribution is -2.61. The Kier molecular flexibility index (Phi) is 6.20. The SMILES string of the molecule is CN(C)C(=O)C1N(C)CCCC12CCN(C(=O)CCc1ccccc1)CC2. The first-order valence-electron chi connectivity index (χ1n) is 10.2. The number of hydrogen-bond donors (Lipinski definition) is 0. The number of amides is 2. The minimum Gasteiger partial charge on any atom is -0.347 e. The van der Waals surface area contributed by atoms with Gasteiger partial charge in [0.1, 0.15) is 0 Å². The highest BCUT2D eigenvalue weighted by atomic mass is 16.2. The van der Waals surface area contributed by atoms with Crippen molar-refractivity contribution >= 4 is 11.8 Å². The van der Waals surface area contributed by atoms with Crippen molar-refractivity contribution in [1.29, 1.82) is 0 Å². The van der Waals surface area contributed by atoms with E-state index in [0.29, 0.717) is 6.42 Å². The average molecular weight is 372 g/mol. The second kappa shape index (κ2) is 8.42. The zero-order valence-corrected chi connectivity index (χ0v) is 17.0. The van der Waals surface area contributed by atoms with Gasteiger partial charge in [0.05, 0.1) is 6.04 Å². The van der Waals surface area contributed by atoms with Crippen molar-refractivity contribution < 1.29 is 9.59 Å². The maximum atomic E-state index is 12.9. The molecule has 5 nitrogen and oxygen atoms in total. The third kappa shape index (κ3) is 4.34. The van der Waals surface area contributed by atoms with Gasteiger partial charge in [0, 0.05) is 33.6 Å². The van der Waals surface area contributed by atoms with Crippen molar-refractivity contribution in [3.8, 4) is 0 Å². The van der Waals surface area contributed by atoms with E-state index in [4.69, 9.17) is 0 Å². The van der Waals surface area contributed by atoms with E-state index in [9.17, 15) is 9.59 Å². The molecule has 2 saturated heterocycles. The maximum Gasteiger partial charge on any atom is 0.239 e. The van der Waals surface area contributed by atoms with Gasteiger partial charge in [-0.3, -0.25) is 14.5 Å². The minimum absolute atomic E-state index is 0.0184. The quantitative estimate of drug-likeness (QED) is 0.816. The van der Waals surface area contributed by atoms with Crippen LogP contribution in [0.4, 0.5) is 0 Å². The Balaban J connectivity index is 1.60. The molecule has 27 heavy (non-hydrogen) atoms. The molecule has 3 rings (SSSR count). The van der Waals surface area contributed by atoms with Crippen LogP contribution in [0.2, 0.25) is 0 Å². The molecule has 1 unspecified atom stereocenters. The molecule has 2 heterocycles. The van der Waals surface area contributed by atoms with E-state index < -0.39 is 0 Å². The van der Waals surface area contributed by atoms with Gasteiger partial charge in [-0.25, -0.2) is 0 Å². The van der Waals surface area contributed by atoms with Crippen LogP contribution in [0, 0.1) is 5.41 Å². The first kappa shape index (κ1) is 19.9. The zero-order valence-electron chi connectivity index (χ0n) is 17.0. The van der Waals surface area contributed by atoms with Crippen LogP contribution in [0.15, 0.2) is 30.3 Å². The molecule has 2 aliphatic rings. The minimum atomic E-state index is -0.0529. The van der Waals surface area contributed by atoms with Gasteiger partial charge in [-0.1, -0.05) is 30.3 Å². The van der Waals surface area contributed by atoms with Gasteiger partial charge in [0.15, 0.2) is 0 Å². The van der Waals surface area contributed by atoms with Gasteiger partial charge in [0.2, 0.25) is 11.8 Å². The van der Waals surface area contributed by atoms with Crippen LogP contribution in [0.5, 0.6) is 0 Å². The molecule has 0 radical (unpaired) electrons. The summed E-state index contributed by atoms with van der Waals surface area (Å²) in [5.41, 5.74) is 1.23. The standard InChI is InChI=1S/C22H33N3O2/c1-23(2)21(27)20-22(12-7-15-24(20)3)13-16-25(17-14-22)19(26)11-10-18-8-5-4-6-9-18/h4-6,8-9,20H,7,10-17H2,1-3H3. The lowest BCUT2D eigenvalue weighted by molar-refractivity contribution is -0.146. The summed E-state index contributed by atoms with van der Waals surface area (Å²) in [6, 6.07) is 10.1. The summed E-state index contributed by atoms with van der Waals surface area (Å²) in [6.45, 7) is 2.53. The molecule has 0 bridgehead atoms. The van der Waals surface area contributed by atoms with Gasteiger partial charge in [0.25, 0.3) is 0 Å². The predicted octanol–water partition coefficient (Wildman–Crippen LogP) is 2.41. The van der Waals surface area contributed by atoms with Crippen LogP contribution in [0.3, 0.4) is 0 Å². The van der Waals surface area contributed by atoms with Crippen LogP contribution in [-0.4, -0.2) is 73.3 Å². The number of piperidine rings is 2. The molecule has 0 saturated carbocycles. The Hall–Kier alpha value is -1.88. The van der Waals surface area contributed by atoms with Crippen LogP contribution in [-0.2, 0) is 16.0 Å². The number of carbonyl (C=O) groups excluding carboxylic acids is 2. The first-order valence-corrected chi connectivity index (χ1v) is 10.2. The molecule has 2 amide bonds. The summed E-state index contributed by atoms with van der Waals surface area (Å²) in [5, 5.41) is 0. The third-order valence-corrected chi connectivity index (χ3v) is 6.46. The number of hydrogen-bond acceptors (Lipinski definition) is 3. The van der Waals surface area contributed by atoms with Crippen molar-refractivity contribution in [2.24, 2.45) is 5.41 Å². The fourth-order valence-corrected chi connectivity index (χ4v) is 4.89. The van der Waals surface area contributed by atoms with E-state index in [1.54, 1.807) is 4.90 Å². The number of aryl methyl sites for hydroxylation is 1. The molecule has 1 spiro atoms. The van der Waals surface area contributed by atoms with Gasteiger partial charge < -0.3 is 9.80 Å². The predicted molar refractivity (Wildman–Crippen MR) is 107 cm³/mol. The summed E-state index contributed by atoms with van der Waals surface area (Å²) in [7, 11) is 5.77. The Labute approximate surface area is 163 Å². The summed E-state index contributed by atoms with van der Waals surface area (Å²) >= 11 is 0. The lowest BCUT2D eigenvalue weighted by atomic mass is 9.66. The van der Waals surface area contributed by atoms with E-state index in [1.807, 2.05) is 37.2 Å². The van der Waals surface area contributed by atoms with Crippen LogP contribution < -0.4 is 0 Å². The maximum absolute atomic E-state index is 12.9. The Bertz CT molecular complexity index is 651. The molecule has 1 atom stereocenters. The van der Waals surface area contributed by atoms with Crippen molar-refractivity contribution in [3.63, 3.8) is 0 Å². The number of carbonyl (C=O) groups is 2. The third-order valence-electron chi connectivity index (χ3n) is 6.46. The highest BCUT2D eigenvalue weighted by Crippen LogP contribution is 2.44. The van der Waals surface area contributed by atoms with Gasteiger partial charge in [-0.2, -0.15) is 0 Å². The molecule has 0 N–H and O–H groups in total. The summed E-state index contributed by atoms with van der Waals surface area (Å²) < 4.78 is 0. The number of likely N-dealkylation sites (N-methyl/N-ethyl adjacent to an activating group) is 2. The highest BCUT2D eigenvalue weighted by molar-refractivity contribution is 5.82.